The van der Waals surface area contributed by atoms with Crippen LogP contribution in [-0.2, 0) is 10.0 Å². The third kappa shape index (κ3) is 5.13. The number of sulfonamides is 1. The number of hydrogen-bond acceptors (Lipinski definition) is 4. The molecule has 1 fully saturated rings. The van der Waals surface area contributed by atoms with Crippen LogP contribution in [0.1, 0.15) is 19.3 Å². The van der Waals surface area contributed by atoms with Crippen LogP contribution in [0.2, 0.25) is 5.02 Å². The zero-order valence-electron chi connectivity index (χ0n) is 14.4. The lowest BCUT2D eigenvalue weighted by Crippen LogP contribution is -2.36. The maximum absolute atomic E-state index is 12.6. The Bertz CT molecular complexity index is 805. The normalized spacial score (nSPS) is 15.7. The molecule has 26 heavy (non-hydrogen) atoms. The summed E-state index contributed by atoms with van der Waals surface area (Å²) < 4.78 is 26.8. The topological polar surface area (TPSA) is 63.6 Å². The van der Waals surface area contributed by atoms with E-state index in [4.69, 9.17) is 11.6 Å². The van der Waals surface area contributed by atoms with Gasteiger partial charge < -0.3 is 0 Å². The number of hydrogen-bond donors (Lipinski definition) is 1. The average molecular weight is 413 g/mol. The third-order valence-electron chi connectivity index (χ3n) is 4.24. The van der Waals surface area contributed by atoms with Crippen molar-refractivity contribution in [2.24, 2.45) is 0 Å². The predicted octanol–water partition coefficient (Wildman–Crippen LogP) is 3.53. The quantitative estimate of drug-likeness (QED) is 0.558. The SMILES string of the molecule is O=S(=O)(c1ccc(NCCSc2ccc(Cl)cc2)[nH+]c1)N1CCCCC1. The lowest BCUT2D eigenvalue weighted by molar-refractivity contribution is -0.364. The minimum atomic E-state index is -3.38. The fourth-order valence-electron chi connectivity index (χ4n) is 2.82. The van der Waals surface area contributed by atoms with Crippen LogP contribution >= 0.6 is 23.4 Å². The third-order valence-corrected chi connectivity index (χ3v) is 7.40. The number of H-pyrrole nitrogens is 1. The van der Waals surface area contributed by atoms with E-state index in [2.05, 4.69) is 10.3 Å². The van der Waals surface area contributed by atoms with Gasteiger partial charge in [0.1, 0.15) is 11.1 Å². The summed E-state index contributed by atoms with van der Waals surface area (Å²) in [5.74, 6) is 1.70. The maximum atomic E-state index is 12.6. The van der Waals surface area contributed by atoms with Gasteiger partial charge in [0.05, 0.1) is 6.54 Å². The Morgan fingerprint density at radius 1 is 1.08 bits per heavy atom. The Kier molecular flexibility index (Phi) is 6.80. The van der Waals surface area contributed by atoms with Gasteiger partial charge in [0.25, 0.3) is 5.82 Å². The van der Waals surface area contributed by atoms with Crippen molar-refractivity contribution in [3.63, 3.8) is 0 Å². The van der Waals surface area contributed by atoms with E-state index in [1.807, 2.05) is 24.3 Å². The van der Waals surface area contributed by atoms with Crippen molar-refractivity contribution in [2.75, 3.05) is 30.7 Å². The largest absolute Gasteiger partial charge is 0.274 e. The summed E-state index contributed by atoms with van der Waals surface area (Å²) in [7, 11) is -3.38. The second-order valence-electron chi connectivity index (χ2n) is 6.13. The summed E-state index contributed by atoms with van der Waals surface area (Å²) in [4.78, 5) is 4.53. The number of benzene rings is 1. The minimum Gasteiger partial charge on any atom is -0.274 e. The number of rotatable bonds is 7. The number of nitrogens with one attached hydrogen (secondary N) is 2. The molecule has 1 aromatic heterocycles. The van der Waals surface area contributed by atoms with E-state index < -0.39 is 10.0 Å². The molecule has 0 amide bonds. The number of thioether (sulfide) groups is 1. The summed E-state index contributed by atoms with van der Waals surface area (Å²) in [6.07, 6.45) is 4.55. The number of anilines is 1. The Morgan fingerprint density at radius 2 is 1.81 bits per heavy atom. The van der Waals surface area contributed by atoms with Gasteiger partial charge in [0.2, 0.25) is 10.0 Å². The van der Waals surface area contributed by atoms with Crippen LogP contribution in [0.5, 0.6) is 0 Å². The van der Waals surface area contributed by atoms with Crippen molar-refractivity contribution in [1.29, 1.82) is 0 Å². The fourth-order valence-corrected chi connectivity index (χ4v) is 5.20. The van der Waals surface area contributed by atoms with E-state index in [1.165, 1.54) is 4.90 Å². The first-order chi connectivity index (χ1) is 12.6. The average Bonchev–Trinajstić information content (AvgIpc) is 2.68. The molecule has 2 N–H and O–H groups in total. The van der Waals surface area contributed by atoms with Crippen LogP contribution in [0.15, 0.2) is 52.4 Å². The maximum Gasteiger partial charge on any atom is 0.272 e. The fraction of sp³-hybridized carbons (Fsp3) is 0.389. The molecule has 0 saturated carbocycles. The highest BCUT2D eigenvalue weighted by molar-refractivity contribution is 7.99. The van der Waals surface area contributed by atoms with Crippen LogP contribution in [0.3, 0.4) is 0 Å². The van der Waals surface area contributed by atoms with Gasteiger partial charge in [-0.3, -0.25) is 5.32 Å². The zero-order chi connectivity index (χ0) is 18.4. The zero-order valence-corrected chi connectivity index (χ0v) is 16.8. The van der Waals surface area contributed by atoms with E-state index in [9.17, 15) is 8.42 Å². The van der Waals surface area contributed by atoms with Gasteiger partial charge in [-0.1, -0.05) is 18.0 Å². The van der Waals surface area contributed by atoms with Crippen molar-refractivity contribution in [1.82, 2.24) is 4.31 Å². The van der Waals surface area contributed by atoms with Gasteiger partial charge in [-0.15, -0.1) is 11.8 Å². The second kappa shape index (κ2) is 9.08. The van der Waals surface area contributed by atoms with Crippen LogP contribution in [-0.4, -0.2) is 38.1 Å². The monoisotopic (exact) mass is 412 g/mol. The Hall–Kier alpha value is -1.28. The van der Waals surface area contributed by atoms with Gasteiger partial charge in [-0.25, -0.2) is 13.4 Å². The second-order valence-corrected chi connectivity index (χ2v) is 9.67. The van der Waals surface area contributed by atoms with Crippen molar-refractivity contribution in [3.05, 3.63) is 47.6 Å². The molecule has 1 aromatic carbocycles. The molecule has 0 spiro atoms. The summed E-state index contributed by atoms with van der Waals surface area (Å²) in [5, 5.41) is 4.01. The lowest BCUT2D eigenvalue weighted by Gasteiger charge is -2.25. The highest BCUT2D eigenvalue weighted by Gasteiger charge is 2.26. The van der Waals surface area contributed by atoms with E-state index in [-0.39, 0.29) is 0 Å². The summed E-state index contributed by atoms with van der Waals surface area (Å²) in [5.41, 5.74) is 0. The highest BCUT2D eigenvalue weighted by Crippen LogP contribution is 2.21. The molecular weight excluding hydrogens is 390 g/mol. The Balaban J connectivity index is 1.50. The minimum absolute atomic E-state index is 0.320. The lowest BCUT2D eigenvalue weighted by atomic mass is 10.2. The molecule has 0 atom stereocenters. The summed E-state index contributed by atoms with van der Waals surface area (Å²) in [6.45, 7) is 2.00. The van der Waals surface area contributed by atoms with E-state index >= 15 is 0 Å². The van der Waals surface area contributed by atoms with E-state index in [0.29, 0.717) is 18.0 Å². The smallest absolute Gasteiger partial charge is 0.272 e. The van der Waals surface area contributed by atoms with Gasteiger partial charge in [-0.2, -0.15) is 4.31 Å². The molecule has 2 aromatic rings. The van der Waals surface area contributed by atoms with Crippen LogP contribution in [0, 0.1) is 0 Å². The molecule has 0 radical (unpaired) electrons. The molecule has 0 bridgehead atoms. The van der Waals surface area contributed by atoms with Gasteiger partial charge in [-0.05, 0) is 43.2 Å². The first kappa shape index (κ1) is 19.5. The number of aromatic amines is 1. The van der Waals surface area contributed by atoms with E-state index in [0.717, 1.165) is 42.4 Å². The standard InChI is InChI=1S/C18H22ClN3O2S2/c19-15-4-6-16(7-5-15)25-13-10-20-18-9-8-17(14-21-18)26(23,24)22-11-2-1-3-12-22/h4-9,14H,1-3,10-13H2,(H,20,21)/p+1. The van der Waals surface area contributed by atoms with Gasteiger partial charge in [0.15, 0.2) is 0 Å². The molecule has 8 heteroatoms. The molecule has 3 rings (SSSR count). The van der Waals surface area contributed by atoms with Crippen LogP contribution in [0.4, 0.5) is 5.82 Å². The molecule has 5 nitrogen and oxygen atoms in total. The molecule has 0 aliphatic carbocycles. The molecule has 0 unspecified atom stereocenters. The van der Waals surface area contributed by atoms with Crippen molar-refractivity contribution in [3.8, 4) is 0 Å². The van der Waals surface area contributed by atoms with Crippen LogP contribution < -0.4 is 10.3 Å². The number of nitrogens with zero attached hydrogens (tertiary/aromatic N) is 1. The van der Waals surface area contributed by atoms with Crippen molar-refractivity contribution in [2.45, 2.75) is 29.1 Å². The highest BCUT2D eigenvalue weighted by atomic mass is 35.5. The Morgan fingerprint density at radius 3 is 2.46 bits per heavy atom. The predicted molar refractivity (Wildman–Crippen MR) is 106 cm³/mol. The number of piperidine rings is 1. The molecule has 140 valence electrons. The molecule has 1 aliphatic heterocycles. The van der Waals surface area contributed by atoms with Gasteiger partial charge >= 0.3 is 0 Å². The van der Waals surface area contributed by atoms with E-state index in [1.54, 1.807) is 34.4 Å². The first-order valence-electron chi connectivity index (χ1n) is 8.70. The summed E-state index contributed by atoms with van der Waals surface area (Å²) >= 11 is 7.61. The first-order valence-corrected chi connectivity index (χ1v) is 11.5. The molecular formula is C18H23ClN3O2S2+. The van der Waals surface area contributed by atoms with Crippen molar-refractivity contribution < 1.29 is 13.4 Å². The van der Waals surface area contributed by atoms with Gasteiger partial charge in [0, 0.05) is 34.8 Å². The van der Waals surface area contributed by atoms with Crippen LogP contribution in [0.25, 0.3) is 0 Å². The number of aromatic nitrogens is 1. The Labute approximate surface area is 164 Å². The molecule has 2 heterocycles. The molecule has 1 aliphatic rings. The van der Waals surface area contributed by atoms with Crippen molar-refractivity contribution >= 4 is 39.2 Å². The number of halogens is 1. The number of pyridine rings is 1. The summed E-state index contributed by atoms with van der Waals surface area (Å²) in [6, 6.07) is 11.2. The molecule has 1 saturated heterocycles.